The molecule has 1 N–H and O–H groups in total. The molecular formula is C16H16ClNO4. The minimum Gasteiger partial charge on any atom is -0.492 e. The number of halogens is 1. The van der Waals surface area contributed by atoms with Crippen molar-refractivity contribution in [3.05, 3.63) is 58.9 Å². The second-order valence-corrected chi connectivity index (χ2v) is 4.94. The van der Waals surface area contributed by atoms with Crippen LogP contribution >= 0.6 is 11.6 Å². The molecule has 2 rings (SSSR count). The van der Waals surface area contributed by atoms with Gasteiger partial charge in [0.1, 0.15) is 16.5 Å². The number of ether oxygens (including phenoxy) is 2. The molecule has 0 bridgehead atoms. The van der Waals surface area contributed by atoms with E-state index in [0.29, 0.717) is 26.2 Å². The molecule has 5 nitrogen and oxygen atoms in total. The standard InChI is InChI=1S/C16H16ClNO4/c17-15-9-14(13(10-18-15)16(19)20)22-8-4-7-21-11-12-5-2-1-3-6-12/h1-3,5-6,9-10H,4,7-8,11H2,(H,19,20). The average molecular weight is 322 g/mol. The predicted octanol–water partition coefficient (Wildman–Crippen LogP) is 3.42. The summed E-state index contributed by atoms with van der Waals surface area (Å²) in [6.45, 7) is 1.41. The van der Waals surface area contributed by atoms with Gasteiger partial charge in [-0.15, -0.1) is 0 Å². The highest BCUT2D eigenvalue weighted by atomic mass is 35.5. The maximum absolute atomic E-state index is 11.0. The Balaban J connectivity index is 1.73. The molecule has 0 radical (unpaired) electrons. The summed E-state index contributed by atoms with van der Waals surface area (Å²) in [6.07, 6.45) is 1.83. The van der Waals surface area contributed by atoms with E-state index in [-0.39, 0.29) is 16.5 Å². The van der Waals surface area contributed by atoms with Crippen LogP contribution in [0.4, 0.5) is 0 Å². The third kappa shape index (κ3) is 5.02. The van der Waals surface area contributed by atoms with Crippen LogP contribution in [0.2, 0.25) is 5.15 Å². The molecule has 0 atom stereocenters. The molecule has 1 aromatic carbocycles. The number of nitrogens with zero attached hydrogens (tertiary/aromatic N) is 1. The molecule has 1 heterocycles. The number of carbonyl (C=O) groups is 1. The lowest BCUT2D eigenvalue weighted by Gasteiger charge is -2.09. The van der Waals surface area contributed by atoms with Crippen molar-refractivity contribution in [2.45, 2.75) is 13.0 Å². The van der Waals surface area contributed by atoms with Crippen LogP contribution in [-0.4, -0.2) is 29.3 Å². The number of aromatic nitrogens is 1. The lowest BCUT2D eigenvalue weighted by molar-refractivity contribution is 0.0690. The Kier molecular flexibility index (Phi) is 6.18. The zero-order valence-corrected chi connectivity index (χ0v) is 12.6. The van der Waals surface area contributed by atoms with Crippen molar-refractivity contribution in [3.63, 3.8) is 0 Å². The van der Waals surface area contributed by atoms with Gasteiger partial charge in [-0.3, -0.25) is 0 Å². The van der Waals surface area contributed by atoms with Gasteiger partial charge in [0.05, 0.1) is 19.8 Å². The quantitative estimate of drug-likeness (QED) is 0.596. The van der Waals surface area contributed by atoms with Gasteiger partial charge in [-0.25, -0.2) is 9.78 Å². The van der Waals surface area contributed by atoms with Gasteiger partial charge in [0.15, 0.2) is 0 Å². The summed E-state index contributed by atoms with van der Waals surface area (Å²) in [6, 6.07) is 11.3. The summed E-state index contributed by atoms with van der Waals surface area (Å²) < 4.78 is 11.0. The van der Waals surface area contributed by atoms with Crippen molar-refractivity contribution < 1.29 is 19.4 Å². The molecule has 116 valence electrons. The van der Waals surface area contributed by atoms with E-state index in [1.807, 2.05) is 30.3 Å². The number of benzene rings is 1. The van der Waals surface area contributed by atoms with E-state index in [1.54, 1.807) is 0 Å². The summed E-state index contributed by atoms with van der Waals surface area (Å²) in [5.74, 6) is -0.880. The molecule has 2 aromatic rings. The first-order valence-corrected chi connectivity index (χ1v) is 7.18. The SMILES string of the molecule is O=C(O)c1cnc(Cl)cc1OCCCOCc1ccccc1. The maximum Gasteiger partial charge on any atom is 0.341 e. The normalized spacial score (nSPS) is 10.4. The molecule has 0 saturated carbocycles. The van der Waals surface area contributed by atoms with Crippen molar-refractivity contribution in [2.75, 3.05) is 13.2 Å². The first-order valence-electron chi connectivity index (χ1n) is 6.80. The molecule has 0 amide bonds. The molecular weight excluding hydrogens is 306 g/mol. The van der Waals surface area contributed by atoms with Gasteiger partial charge in [0.2, 0.25) is 0 Å². The van der Waals surface area contributed by atoms with Gasteiger partial charge in [-0.2, -0.15) is 0 Å². The summed E-state index contributed by atoms with van der Waals surface area (Å²) in [5.41, 5.74) is 1.10. The van der Waals surface area contributed by atoms with Gasteiger partial charge in [-0.1, -0.05) is 41.9 Å². The average Bonchev–Trinajstić information content (AvgIpc) is 2.51. The Morgan fingerprint density at radius 2 is 2.00 bits per heavy atom. The molecule has 22 heavy (non-hydrogen) atoms. The lowest BCUT2D eigenvalue weighted by Crippen LogP contribution is -2.07. The third-order valence-corrected chi connectivity index (χ3v) is 3.07. The summed E-state index contributed by atoms with van der Waals surface area (Å²) in [5, 5.41) is 9.23. The minimum atomic E-state index is -1.10. The molecule has 0 saturated heterocycles. The van der Waals surface area contributed by atoms with Crippen LogP contribution in [0.5, 0.6) is 5.75 Å². The number of hydrogen-bond donors (Lipinski definition) is 1. The first kappa shape index (κ1) is 16.3. The Bertz CT molecular complexity index is 619. The molecule has 6 heteroatoms. The van der Waals surface area contributed by atoms with Gasteiger partial charge in [-0.05, 0) is 5.56 Å². The van der Waals surface area contributed by atoms with Crippen LogP contribution in [0.1, 0.15) is 22.3 Å². The van der Waals surface area contributed by atoms with Crippen LogP contribution in [-0.2, 0) is 11.3 Å². The van der Waals surface area contributed by atoms with Crippen LogP contribution in [0.3, 0.4) is 0 Å². The summed E-state index contributed by atoms with van der Waals surface area (Å²) in [7, 11) is 0. The molecule has 0 aliphatic carbocycles. The van der Waals surface area contributed by atoms with Gasteiger partial charge in [0, 0.05) is 18.7 Å². The monoisotopic (exact) mass is 321 g/mol. The smallest absolute Gasteiger partial charge is 0.341 e. The highest BCUT2D eigenvalue weighted by Crippen LogP contribution is 2.21. The van der Waals surface area contributed by atoms with E-state index < -0.39 is 5.97 Å². The number of pyridine rings is 1. The number of aromatic carboxylic acids is 1. The zero-order chi connectivity index (χ0) is 15.8. The Labute approximate surface area is 133 Å². The van der Waals surface area contributed by atoms with E-state index in [1.165, 1.54) is 12.3 Å². The fourth-order valence-electron chi connectivity index (χ4n) is 1.80. The number of rotatable bonds is 8. The number of carboxylic acids is 1. The molecule has 0 unspecified atom stereocenters. The predicted molar refractivity (Wildman–Crippen MR) is 82.4 cm³/mol. The molecule has 0 spiro atoms. The van der Waals surface area contributed by atoms with Crippen LogP contribution in [0.15, 0.2) is 42.6 Å². The zero-order valence-electron chi connectivity index (χ0n) is 11.9. The molecule has 0 aliphatic heterocycles. The van der Waals surface area contributed by atoms with Crippen LogP contribution in [0.25, 0.3) is 0 Å². The van der Waals surface area contributed by atoms with Gasteiger partial charge in [0.25, 0.3) is 0 Å². The van der Waals surface area contributed by atoms with Crippen molar-refractivity contribution >= 4 is 17.6 Å². The largest absolute Gasteiger partial charge is 0.492 e. The number of carboxylic acid groups (broad SMARTS) is 1. The molecule has 0 fully saturated rings. The van der Waals surface area contributed by atoms with Crippen molar-refractivity contribution in [2.24, 2.45) is 0 Å². The maximum atomic E-state index is 11.0. The fourth-order valence-corrected chi connectivity index (χ4v) is 1.95. The van der Waals surface area contributed by atoms with Crippen molar-refractivity contribution in [1.82, 2.24) is 4.98 Å². The second-order valence-electron chi connectivity index (χ2n) is 4.55. The summed E-state index contributed by atoms with van der Waals surface area (Å²) >= 11 is 5.74. The molecule has 1 aromatic heterocycles. The summed E-state index contributed by atoms with van der Waals surface area (Å²) in [4.78, 5) is 14.8. The Morgan fingerprint density at radius 3 is 2.73 bits per heavy atom. The Morgan fingerprint density at radius 1 is 1.23 bits per heavy atom. The van der Waals surface area contributed by atoms with Crippen LogP contribution in [0, 0.1) is 0 Å². The topological polar surface area (TPSA) is 68.7 Å². The lowest BCUT2D eigenvalue weighted by atomic mass is 10.2. The highest BCUT2D eigenvalue weighted by molar-refractivity contribution is 6.29. The van der Waals surface area contributed by atoms with E-state index in [9.17, 15) is 4.79 Å². The minimum absolute atomic E-state index is 0.00500. The van der Waals surface area contributed by atoms with E-state index in [4.69, 9.17) is 26.2 Å². The van der Waals surface area contributed by atoms with Crippen molar-refractivity contribution in [1.29, 1.82) is 0 Å². The molecule has 0 aliphatic rings. The van der Waals surface area contributed by atoms with Gasteiger partial charge < -0.3 is 14.6 Å². The van der Waals surface area contributed by atoms with Crippen LogP contribution < -0.4 is 4.74 Å². The fraction of sp³-hybridized carbons (Fsp3) is 0.250. The second kappa shape index (κ2) is 8.36. The number of hydrogen-bond acceptors (Lipinski definition) is 4. The van der Waals surface area contributed by atoms with Gasteiger partial charge >= 0.3 is 5.97 Å². The highest BCUT2D eigenvalue weighted by Gasteiger charge is 2.12. The van der Waals surface area contributed by atoms with E-state index in [2.05, 4.69) is 4.98 Å². The van der Waals surface area contributed by atoms with Crippen molar-refractivity contribution in [3.8, 4) is 5.75 Å². The third-order valence-electron chi connectivity index (χ3n) is 2.87. The Hall–Kier alpha value is -2.11. The van der Waals surface area contributed by atoms with E-state index in [0.717, 1.165) is 5.56 Å². The first-order chi connectivity index (χ1) is 10.7. The van der Waals surface area contributed by atoms with E-state index >= 15 is 0 Å².